The molecular formula is C22H21F2N7O. The van der Waals surface area contributed by atoms with Gasteiger partial charge in [-0.25, -0.2) is 8.78 Å². The van der Waals surface area contributed by atoms with Crippen LogP contribution in [0, 0.1) is 17.6 Å². The molecule has 4 aromatic rings. The molecule has 0 spiro atoms. The Morgan fingerprint density at radius 1 is 1.16 bits per heavy atom. The van der Waals surface area contributed by atoms with Crippen molar-refractivity contribution >= 4 is 33.4 Å². The van der Waals surface area contributed by atoms with Crippen LogP contribution in [0.1, 0.15) is 12.8 Å². The third-order valence-electron chi connectivity index (χ3n) is 6.51. The van der Waals surface area contributed by atoms with Crippen molar-refractivity contribution in [2.24, 2.45) is 11.7 Å². The molecule has 1 aliphatic carbocycles. The van der Waals surface area contributed by atoms with Crippen LogP contribution in [0.15, 0.2) is 30.6 Å². The summed E-state index contributed by atoms with van der Waals surface area (Å²) in [6.45, 7) is 0.764. The fourth-order valence-electron chi connectivity index (χ4n) is 5.08. The summed E-state index contributed by atoms with van der Waals surface area (Å²) < 4.78 is 33.8. The SMILES string of the molecule is CNc1cc(F)cc2c1[nH]c1nc(Oc3cncc(F)c3)nc(N3C[C@H]4C[C@@H]3C[C@H]4N)c12. The molecule has 4 heterocycles. The van der Waals surface area contributed by atoms with Crippen molar-refractivity contribution < 1.29 is 13.5 Å². The molecule has 0 unspecified atom stereocenters. The van der Waals surface area contributed by atoms with Crippen molar-refractivity contribution in [3.63, 3.8) is 0 Å². The van der Waals surface area contributed by atoms with E-state index in [-0.39, 0.29) is 29.7 Å². The van der Waals surface area contributed by atoms with Gasteiger partial charge in [-0.15, -0.1) is 0 Å². The molecule has 164 valence electrons. The molecule has 0 radical (unpaired) electrons. The van der Waals surface area contributed by atoms with Crippen molar-refractivity contribution in [2.45, 2.75) is 24.9 Å². The van der Waals surface area contributed by atoms with Crippen molar-refractivity contribution in [1.82, 2.24) is 19.9 Å². The number of hydrogen-bond donors (Lipinski definition) is 3. The summed E-state index contributed by atoms with van der Waals surface area (Å²) in [6, 6.07) is 4.62. The second-order valence-electron chi connectivity index (χ2n) is 8.45. The second kappa shape index (κ2) is 6.99. The number of fused-ring (bicyclic) bond motifs is 5. The van der Waals surface area contributed by atoms with E-state index < -0.39 is 5.82 Å². The predicted molar refractivity (Wildman–Crippen MR) is 117 cm³/mol. The van der Waals surface area contributed by atoms with Gasteiger partial charge >= 0.3 is 6.01 Å². The highest BCUT2D eigenvalue weighted by Crippen LogP contribution is 2.44. The lowest BCUT2D eigenvalue weighted by atomic mass is 10.0. The van der Waals surface area contributed by atoms with E-state index in [9.17, 15) is 8.78 Å². The number of anilines is 2. The van der Waals surface area contributed by atoms with Gasteiger partial charge in [0, 0.05) is 37.1 Å². The highest BCUT2D eigenvalue weighted by Gasteiger charge is 2.44. The first-order valence-electron chi connectivity index (χ1n) is 10.5. The molecule has 1 aromatic carbocycles. The molecule has 2 bridgehead atoms. The van der Waals surface area contributed by atoms with E-state index in [0.29, 0.717) is 28.5 Å². The number of hydrogen-bond acceptors (Lipinski definition) is 7. The number of pyridine rings is 1. The average Bonchev–Trinajstić information content (AvgIpc) is 3.44. The van der Waals surface area contributed by atoms with Crippen LogP contribution in [0.2, 0.25) is 0 Å². The maximum atomic E-state index is 14.4. The quantitative estimate of drug-likeness (QED) is 0.448. The van der Waals surface area contributed by atoms with Crippen LogP contribution < -0.4 is 20.7 Å². The number of nitrogens with one attached hydrogen (secondary N) is 2. The first kappa shape index (κ1) is 19.2. The first-order chi connectivity index (χ1) is 15.5. The Morgan fingerprint density at radius 3 is 2.75 bits per heavy atom. The molecule has 10 heteroatoms. The van der Waals surface area contributed by atoms with Crippen molar-refractivity contribution in [2.75, 3.05) is 23.8 Å². The number of benzene rings is 1. The van der Waals surface area contributed by atoms with Gasteiger partial charge in [-0.2, -0.15) is 9.97 Å². The van der Waals surface area contributed by atoms with Crippen LogP contribution in [-0.2, 0) is 0 Å². The molecular weight excluding hydrogens is 416 g/mol. The monoisotopic (exact) mass is 437 g/mol. The normalized spacial score (nSPS) is 22.2. The summed E-state index contributed by atoms with van der Waals surface area (Å²) in [5.41, 5.74) is 8.11. The van der Waals surface area contributed by atoms with E-state index in [4.69, 9.17) is 15.5 Å². The van der Waals surface area contributed by atoms with E-state index >= 15 is 0 Å². The molecule has 32 heavy (non-hydrogen) atoms. The van der Waals surface area contributed by atoms with Gasteiger partial charge in [0.1, 0.15) is 23.1 Å². The van der Waals surface area contributed by atoms with Gasteiger partial charge in [0.25, 0.3) is 0 Å². The number of nitrogens with two attached hydrogens (primary N) is 1. The maximum Gasteiger partial charge on any atom is 0.326 e. The minimum atomic E-state index is -0.519. The molecule has 6 rings (SSSR count). The Kier molecular flexibility index (Phi) is 4.19. The van der Waals surface area contributed by atoms with Gasteiger partial charge in [0.2, 0.25) is 0 Å². The molecule has 2 fully saturated rings. The first-order valence-corrected chi connectivity index (χ1v) is 10.5. The molecule has 1 saturated carbocycles. The topological polar surface area (TPSA) is 105 Å². The number of nitrogens with zero attached hydrogens (tertiary/aromatic N) is 4. The molecule has 0 amide bonds. The number of aromatic amines is 1. The van der Waals surface area contributed by atoms with E-state index in [0.717, 1.165) is 36.5 Å². The van der Waals surface area contributed by atoms with Crippen molar-refractivity contribution in [3.05, 3.63) is 42.2 Å². The van der Waals surface area contributed by atoms with Gasteiger partial charge < -0.3 is 25.7 Å². The Bertz CT molecular complexity index is 1360. The number of rotatable bonds is 4. The van der Waals surface area contributed by atoms with Crippen LogP contribution >= 0.6 is 0 Å². The average molecular weight is 437 g/mol. The van der Waals surface area contributed by atoms with Gasteiger partial charge in [-0.1, -0.05) is 0 Å². The molecule has 1 aliphatic heterocycles. The van der Waals surface area contributed by atoms with Gasteiger partial charge in [0.15, 0.2) is 5.75 Å². The standard InChI is InChI=1S/C22H21F2N7O/c1-26-17-5-11(23)4-15-18-20(28-19(15)17)29-22(32-14-3-12(24)7-27-8-14)30-21(18)31-9-10-2-13(31)6-16(10)25/h3-5,7-8,10,13,16,26H,2,6,9,25H2,1H3,(H,28,29,30)/t10-,13-,16-/m1/s1. The number of H-pyrrole nitrogens is 1. The fraction of sp³-hybridized carbons (Fsp3) is 0.318. The van der Waals surface area contributed by atoms with Crippen LogP contribution in [-0.4, -0.2) is 45.6 Å². The summed E-state index contributed by atoms with van der Waals surface area (Å²) >= 11 is 0. The van der Waals surface area contributed by atoms with Crippen LogP contribution in [0.25, 0.3) is 21.9 Å². The van der Waals surface area contributed by atoms with E-state index in [1.807, 2.05) is 0 Å². The largest absolute Gasteiger partial charge is 0.422 e. The second-order valence-corrected chi connectivity index (χ2v) is 8.45. The summed E-state index contributed by atoms with van der Waals surface area (Å²) in [5.74, 6) is 0.363. The lowest BCUT2D eigenvalue weighted by Crippen LogP contribution is -2.41. The van der Waals surface area contributed by atoms with Crippen LogP contribution in [0.5, 0.6) is 11.8 Å². The molecule has 3 atom stereocenters. The highest BCUT2D eigenvalue weighted by atomic mass is 19.1. The lowest BCUT2D eigenvalue weighted by molar-refractivity contribution is 0.434. The zero-order valence-electron chi connectivity index (χ0n) is 17.3. The van der Waals surface area contributed by atoms with Crippen LogP contribution in [0.4, 0.5) is 20.3 Å². The predicted octanol–water partition coefficient (Wildman–Crippen LogP) is 3.54. The Labute approximate surface area is 181 Å². The third-order valence-corrected chi connectivity index (χ3v) is 6.51. The zero-order chi connectivity index (χ0) is 22.0. The van der Waals surface area contributed by atoms with Gasteiger partial charge in [-0.3, -0.25) is 4.98 Å². The molecule has 3 aromatic heterocycles. The van der Waals surface area contributed by atoms with E-state index in [1.165, 1.54) is 24.4 Å². The summed E-state index contributed by atoms with van der Waals surface area (Å²) in [6.07, 6.45) is 4.36. The molecule has 8 nitrogen and oxygen atoms in total. The zero-order valence-corrected chi connectivity index (χ0v) is 17.3. The molecule has 1 saturated heterocycles. The fourth-order valence-corrected chi connectivity index (χ4v) is 5.08. The maximum absolute atomic E-state index is 14.4. The summed E-state index contributed by atoms with van der Waals surface area (Å²) in [4.78, 5) is 18.5. The Morgan fingerprint density at radius 2 is 2.03 bits per heavy atom. The van der Waals surface area contributed by atoms with E-state index in [1.54, 1.807) is 7.05 Å². The number of piperidine rings is 1. The summed E-state index contributed by atoms with van der Waals surface area (Å²) in [5, 5.41) is 4.43. The molecule has 2 aliphatic rings. The van der Waals surface area contributed by atoms with Gasteiger partial charge in [-0.05, 0) is 30.9 Å². The number of aromatic nitrogens is 4. The smallest absolute Gasteiger partial charge is 0.326 e. The van der Waals surface area contributed by atoms with Crippen molar-refractivity contribution in [1.29, 1.82) is 0 Å². The minimum absolute atomic E-state index is 0.0602. The number of ether oxygens (including phenoxy) is 1. The van der Waals surface area contributed by atoms with Crippen molar-refractivity contribution in [3.8, 4) is 11.8 Å². The Hall–Kier alpha value is -3.53. The van der Waals surface area contributed by atoms with Crippen LogP contribution in [0.3, 0.4) is 0 Å². The number of halogens is 2. The minimum Gasteiger partial charge on any atom is -0.422 e. The van der Waals surface area contributed by atoms with E-state index in [2.05, 4.69) is 25.2 Å². The van der Waals surface area contributed by atoms with Gasteiger partial charge in [0.05, 0.1) is 29.0 Å². The lowest BCUT2D eigenvalue weighted by Gasteiger charge is -2.31. The molecule has 4 N–H and O–H groups in total. The Balaban J connectivity index is 1.56. The highest BCUT2D eigenvalue weighted by molar-refractivity contribution is 6.14. The summed E-state index contributed by atoms with van der Waals surface area (Å²) in [7, 11) is 1.73. The third kappa shape index (κ3) is 2.94.